The summed E-state index contributed by atoms with van der Waals surface area (Å²) in [6, 6.07) is 6.04. The van der Waals surface area contributed by atoms with Crippen LogP contribution in [0.15, 0.2) is 23.2 Å². The molecule has 6 heteroatoms. The zero-order valence-corrected chi connectivity index (χ0v) is 16.1. The lowest BCUT2D eigenvalue weighted by molar-refractivity contribution is 0.394. The second kappa shape index (κ2) is 9.01. The van der Waals surface area contributed by atoms with E-state index in [1.54, 1.807) is 14.2 Å². The van der Waals surface area contributed by atoms with E-state index in [9.17, 15) is 0 Å². The van der Waals surface area contributed by atoms with Crippen LogP contribution in [0.1, 0.15) is 32.1 Å². The maximum Gasteiger partial charge on any atom is 0.191 e. The van der Waals surface area contributed by atoms with Crippen LogP contribution >= 0.6 is 0 Å². The highest BCUT2D eigenvalue weighted by molar-refractivity contribution is 5.78. The molecule has 2 heterocycles. The van der Waals surface area contributed by atoms with E-state index in [-0.39, 0.29) is 0 Å². The van der Waals surface area contributed by atoms with E-state index in [4.69, 9.17) is 20.2 Å². The van der Waals surface area contributed by atoms with Crippen LogP contribution in [0.2, 0.25) is 0 Å². The number of benzene rings is 1. The number of ether oxygens (including phenoxy) is 2. The van der Waals surface area contributed by atoms with Gasteiger partial charge in [0.1, 0.15) is 11.5 Å². The molecule has 0 radical (unpaired) electrons. The molecule has 1 atom stereocenters. The summed E-state index contributed by atoms with van der Waals surface area (Å²) in [6.45, 7) is 4.93. The third kappa shape index (κ3) is 4.74. The minimum Gasteiger partial charge on any atom is -0.497 e. The number of aliphatic imine (C=N–C) groups is 1. The Balaban J connectivity index is 1.57. The van der Waals surface area contributed by atoms with E-state index in [1.165, 1.54) is 25.7 Å². The topological polar surface area (TPSA) is 63.3 Å². The number of likely N-dealkylation sites (tertiary alicyclic amines) is 1. The number of hydrogen-bond donors (Lipinski definition) is 1. The van der Waals surface area contributed by atoms with Gasteiger partial charge < -0.3 is 25.0 Å². The molecule has 1 aromatic carbocycles. The lowest BCUT2D eigenvalue weighted by Crippen LogP contribution is -2.38. The average Bonchev–Trinajstić information content (AvgIpc) is 2.98. The molecule has 2 N–H and O–H groups in total. The van der Waals surface area contributed by atoms with Gasteiger partial charge in [-0.15, -0.1) is 0 Å². The first kappa shape index (κ1) is 18.7. The highest BCUT2D eigenvalue weighted by Crippen LogP contribution is 2.31. The van der Waals surface area contributed by atoms with Gasteiger partial charge in [-0.2, -0.15) is 0 Å². The number of guanidine groups is 1. The van der Waals surface area contributed by atoms with Gasteiger partial charge in [0.2, 0.25) is 0 Å². The first-order valence-electron chi connectivity index (χ1n) is 9.72. The van der Waals surface area contributed by atoms with Crippen LogP contribution in [0.25, 0.3) is 0 Å². The molecule has 1 aromatic rings. The van der Waals surface area contributed by atoms with Crippen LogP contribution in [0.4, 0.5) is 5.69 Å². The molecule has 2 fully saturated rings. The Morgan fingerprint density at radius 3 is 2.31 bits per heavy atom. The van der Waals surface area contributed by atoms with Gasteiger partial charge in [0.15, 0.2) is 5.96 Å². The number of methoxy groups -OCH3 is 2. The van der Waals surface area contributed by atoms with Crippen molar-refractivity contribution in [1.82, 2.24) is 4.90 Å². The third-order valence-corrected chi connectivity index (χ3v) is 5.43. The molecule has 3 rings (SSSR count). The molecule has 1 unspecified atom stereocenters. The fraction of sp³-hybridized carbons (Fsp3) is 0.650. The smallest absolute Gasteiger partial charge is 0.191 e. The summed E-state index contributed by atoms with van der Waals surface area (Å²) in [5.41, 5.74) is 7.39. The molecule has 0 aliphatic carbocycles. The number of nitrogens with two attached hydrogens (primary N) is 1. The second-order valence-corrected chi connectivity index (χ2v) is 7.27. The Bertz CT molecular complexity index is 590. The predicted octanol–water partition coefficient (Wildman–Crippen LogP) is 2.72. The largest absolute Gasteiger partial charge is 0.497 e. The molecule has 26 heavy (non-hydrogen) atoms. The molecule has 2 aliphatic rings. The fourth-order valence-corrected chi connectivity index (χ4v) is 3.81. The van der Waals surface area contributed by atoms with Crippen molar-refractivity contribution in [2.24, 2.45) is 16.6 Å². The summed E-state index contributed by atoms with van der Waals surface area (Å²) in [4.78, 5) is 9.35. The van der Waals surface area contributed by atoms with Crippen molar-refractivity contribution in [3.8, 4) is 11.5 Å². The summed E-state index contributed by atoms with van der Waals surface area (Å²) in [5, 5.41) is 0. The fourth-order valence-electron chi connectivity index (χ4n) is 3.81. The predicted molar refractivity (Wildman–Crippen MR) is 106 cm³/mol. The van der Waals surface area contributed by atoms with E-state index in [0.29, 0.717) is 5.92 Å². The molecular weight excluding hydrogens is 328 g/mol. The lowest BCUT2D eigenvalue weighted by Gasteiger charge is -2.22. The minimum atomic E-state index is 0.540. The average molecular weight is 361 g/mol. The maximum absolute atomic E-state index is 6.25. The Morgan fingerprint density at radius 1 is 1.04 bits per heavy atom. The normalized spacial score (nSPS) is 21.6. The number of hydrogen-bond acceptors (Lipinski definition) is 4. The monoisotopic (exact) mass is 360 g/mol. The van der Waals surface area contributed by atoms with E-state index >= 15 is 0 Å². The molecule has 0 bridgehead atoms. The van der Waals surface area contributed by atoms with Crippen molar-refractivity contribution in [2.45, 2.75) is 32.1 Å². The van der Waals surface area contributed by atoms with Crippen LogP contribution < -0.4 is 20.1 Å². The molecule has 2 aliphatic heterocycles. The van der Waals surface area contributed by atoms with Crippen molar-refractivity contribution in [3.05, 3.63) is 18.2 Å². The number of rotatable bonds is 5. The van der Waals surface area contributed by atoms with Crippen LogP contribution in [0.5, 0.6) is 11.5 Å². The third-order valence-electron chi connectivity index (χ3n) is 5.43. The standard InChI is InChI=1S/C20H32N4O2/c1-25-18-11-17(12-19(13-18)26-2)24-10-7-16(15-24)14-22-20(21)23-8-5-3-4-6-9-23/h11-13,16H,3-10,14-15H2,1-2H3,(H2,21,22). The van der Waals surface area contributed by atoms with Crippen LogP contribution in [-0.2, 0) is 0 Å². The van der Waals surface area contributed by atoms with Gasteiger partial charge in [-0.1, -0.05) is 12.8 Å². The van der Waals surface area contributed by atoms with Crippen LogP contribution in [0, 0.1) is 5.92 Å². The van der Waals surface area contributed by atoms with Gasteiger partial charge in [-0.05, 0) is 25.2 Å². The minimum absolute atomic E-state index is 0.540. The molecule has 0 saturated carbocycles. The van der Waals surface area contributed by atoms with Gasteiger partial charge in [-0.3, -0.25) is 4.99 Å². The van der Waals surface area contributed by atoms with Gasteiger partial charge in [-0.25, -0.2) is 0 Å². The molecule has 6 nitrogen and oxygen atoms in total. The SMILES string of the molecule is COc1cc(OC)cc(N2CCC(CN=C(N)N3CCCCCC3)C2)c1. The Kier molecular flexibility index (Phi) is 6.47. The molecular formula is C20H32N4O2. The van der Waals surface area contributed by atoms with Gasteiger partial charge >= 0.3 is 0 Å². The highest BCUT2D eigenvalue weighted by atomic mass is 16.5. The first-order chi connectivity index (χ1) is 12.7. The highest BCUT2D eigenvalue weighted by Gasteiger charge is 2.23. The maximum atomic E-state index is 6.25. The van der Waals surface area contributed by atoms with Crippen molar-refractivity contribution in [3.63, 3.8) is 0 Å². The molecule has 0 aromatic heterocycles. The van der Waals surface area contributed by atoms with Crippen LogP contribution in [-0.4, -0.2) is 57.8 Å². The molecule has 2 saturated heterocycles. The van der Waals surface area contributed by atoms with Crippen molar-refractivity contribution < 1.29 is 9.47 Å². The second-order valence-electron chi connectivity index (χ2n) is 7.27. The summed E-state index contributed by atoms with van der Waals surface area (Å²) < 4.78 is 10.8. The Morgan fingerprint density at radius 2 is 1.69 bits per heavy atom. The molecule has 0 amide bonds. The van der Waals surface area contributed by atoms with E-state index < -0.39 is 0 Å². The van der Waals surface area contributed by atoms with E-state index in [2.05, 4.69) is 21.9 Å². The molecule has 144 valence electrons. The summed E-state index contributed by atoms with van der Waals surface area (Å²) in [5.74, 6) is 2.92. The van der Waals surface area contributed by atoms with Crippen molar-refractivity contribution >= 4 is 11.6 Å². The van der Waals surface area contributed by atoms with Crippen molar-refractivity contribution in [2.75, 3.05) is 51.8 Å². The number of anilines is 1. The number of nitrogens with zero attached hydrogens (tertiary/aromatic N) is 3. The van der Waals surface area contributed by atoms with Gasteiger partial charge in [0.25, 0.3) is 0 Å². The van der Waals surface area contributed by atoms with E-state index in [0.717, 1.165) is 62.3 Å². The van der Waals surface area contributed by atoms with Crippen molar-refractivity contribution in [1.29, 1.82) is 0 Å². The summed E-state index contributed by atoms with van der Waals surface area (Å²) in [7, 11) is 3.37. The van der Waals surface area contributed by atoms with E-state index in [1.807, 2.05) is 6.07 Å². The quantitative estimate of drug-likeness (QED) is 0.646. The summed E-state index contributed by atoms with van der Waals surface area (Å²) in [6.07, 6.45) is 6.21. The van der Waals surface area contributed by atoms with Gasteiger partial charge in [0.05, 0.1) is 14.2 Å². The van der Waals surface area contributed by atoms with Gasteiger partial charge in [0, 0.05) is 56.6 Å². The zero-order chi connectivity index (χ0) is 18.4. The zero-order valence-electron chi connectivity index (χ0n) is 16.1. The lowest BCUT2D eigenvalue weighted by atomic mass is 10.1. The first-order valence-corrected chi connectivity index (χ1v) is 9.72. The Labute approximate surface area is 157 Å². The summed E-state index contributed by atoms with van der Waals surface area (Å²) >= 11 is 0. The molecule has 0 spiro atoms. The van der Waals surface area contributed by atoms with Crippen LogP contribution in [0.3, 0.4) is 0 Å². The Hall–Kier alpha value is -2.11.